The monoisotopic (exact) mass is 210 g/mol. The van der Waals surface area contributed by atoms with Gasteiger partial charge in [0.05, 0.1) is 0 Å². The van der Waals surface area contributed by atoms with Gasteiger partial charge in [-0.15, -0.1) is 0 Å². The summed E-state index contributed by atoms with van der Waals surface area (Å²) in [5.74, 6) is -0.488. The third kappa shape index (κ3) is 2.06. The molecule has 0 fully saturated rings. The van der Waals surface area contributed by atoms with E-state index < -0.39 is 5.78 Å². The maximum Gasteiger partial charge on any atom is 0.225 e. The van der Waals surface area contributed by atoms with Gasteiger partial charge in [-0.25, -0.2) is 0 Å². The van der Waals surface area contributed by atoms with Crippen LogP contribution in [0.15, 0.2) is 54.6 Å². The van der Waals surface area contributed by atoms with E-state index in [9.17, 15) is 9.59 Å². The van der Waals surface area contributed by atoms with Gasteiger partial charge in [0.25, 0.3) is 0 Å². The highest BCUT2D eigenvalue weighted by atomic mass is 16.2. The zero-order chi connectivity index (χ0) is 11.4. The number of Topliss-reactive ketones (excluding diaryl/α,β-unsaturated/α-hetero) is 1. The lowest BCUT2D eigenvalue weighted by molar-refractivity contribution is -0.104. The molecule has 2 nitrogen and oxygen atoms in total. The largest absolute Gasteiger partial charge is 0.294 e. The van der Waals surface area contributed by atoms with Gasteiger partial charge in [0.1, 0.15) is 0 Å². The van der Waals surface area contributed by atoms with Crippen molar-refractivity contribution in [3.63, 3.8) is 0 Å². The van der Waals surface area contributed by atoms with E-state index >= 15 is 0 Å². The summed E-state index contributed by atoms with van der Waals surface area (Å²) in [5.41, 5.74) is 2.40. The van der Waals surface area contributed by atoms with E-state index in [0.717, 1.165) is 11.1 Å². The predicted octanol–water partition coefficient (Wildman–Crippen LogP) is 2.74. The first-order chi connectivity index (χ1) is 7.81. The molecule has 0 N–H and O–H groups in total. The Bertz CT molecular complexity index is 515. The SMILES string of the molecule is O=CC(=O)c1cccc(-c2ccccc2)c1. The summed E-state index contributed by atoms with van der Waals surface area (Å²) in [5, 5.41) is 0. The van der Waals surface area contributed by atoms with E-state index in [0.29, 0.717) is 11.8 Å². The molecule has 0 saturated carbocycles. The minimum atomic E-state index is -0.488. The van der Waals surface area contributed by atoms with Crippen LogP contribution in [0.3, 0.4) is 0 Å². The minimum Gasteiger partial charge on any atom is -0.294 e. The van der Waals surface area contributed by atoms with Crippen LogP contribution >= 0.6 is 0 Å². The molecule has 78 valence electrons. The molecule has 2 rings (SSSR count). The van der Waals surface area contributed by atoms with Crippen LogP contribution < -0.4 is 0 Å². The fourth-order valence-electron chi connectivity index (χ4n) is 1.55. The zero-order valence-electron chi connectivity index (χ0n) is 8.59. The average molecular weight is 210 g/mol. The van der Waals surface area contributed by atoms with E-state index in [1.54, 1.807) is 18.2 Å². The number of carbonyl (C=O) groups excluding carboxylic acids is 2. The van der Waals surface area contributed by atoms with Crippen LogP contribution in [0.1, 0.15) is 10.4 Å². The van der Waals surface area contributed by atoms with Crippen LogP contribution in [0.2, 0.25) is 0 Å². The average Bonchev–Trinajstić information content (AvgIpc) is 2.39. The summed E-state index contributed by atoms with van der Waals surface area (Å²) in [6, 6.07) is 16.8. The molecular formula is C14H10O2. The molecule has 0 amide bonds. The van der Waals surface area contributed by atoms with Crippen LogP contribution in [0.4, 0.5) is 0 Å². The number of benzene rings is 2. The Labute approximate surface area is 93.5 Å². The third-order valence-electron chi connectivity index (χ3n) is 2.36. The Morgan fingerprint density at radius 3 is 2.25 bits per heavy atom. The van der Waals surface area contributed by atoms with Crippen LogP contribution in [-0.4, -0.2) is 12.1 Å². The van der Waals surface area contributed by atoms with Gasteiger partial charge in [-0.3, -0.25) is 9.59 Å². The Morgan fingerprint density at radius 2 is 1.56 bits per heavy atom. The van der Waals surface area contributed by atoms with Gasteiger partial charge in [0.2, 0.25) is 5.78 Å². The van der Waals surface area contributed by atoms with E-state index in [1.807, 2.05) is 36.4 Å². The predicted molar refractivity (Wildman–Crippen MR) is 62.3 cm³/mol. The first-order valence-corrected chi connectivity index (χ1v) is 4.96. The highest BCUT2D eigenvalue weighted by Gasteiger charge is 2.05. The summed E-state index contributed by atoms with van der Waals surface area (Å²) in [6.45, 7) is 0. The summed E-state index contributed by atoms with van der Waals surface area (Å²) < 4.78 is 0. The number of hydrogen-bond acceptors (Lipinski definition) is 2. The highest BCUT2D eigenvalue weighted by Crippen LogP contribution is 2.19. The van der Waals surface area contributed by atoms with Gasteiger partial charge in [0.15, 0.2) is 6.29 Å². The first-order valence-electron chi connectivity index (χ1n) is 4.96. The number of rotatable bonds is 3. The number of hydrogen-bond donors (Lipinski definition) is 0. The molecule has 2 aromatic rings. The molecular weight excluding hydrogens is 200 g/mol. The van der Waals surface area contributed by atoms with Gasteiger partial charge < -0.3 is 0 Å². The van der Waals surface area contributed by atoms with Crippen molar-refractivity contribution in [2.45, 2.75) is 0 Å². The summed E-state index contributed by atoms with van der Waals surface area (Å²) in [4.78, 5) is 21.6. The van der Waals surface area contributed by atoms with Crippen molar-refractivity contribution >= 4 is 12.1 Å². The summed E-state index contributed by atoms with van der Waals surface area (Å²) >= 11 is 0. The molecule has 0 aromatic heterocycles. The molecule has 0 aliphatic rings. The smallest absolute Gasteiger partial charge is 0.225 e. The standard InChI is InChI=1S/C14H10O2/c15-10-14(16)13-8-4-7-12(9-13)11-5-2-1-3-6-11/h1-10H. The lowest BCUT2D eigenvalue weighted by Gasteiger charge is -2.02. The Kier molecular flexibility index (Phi) is 2.92. The second-order valence-electron chi connectivity index (χ2n) is 3.43. The molecule has 16 heavy (non-hydrogen) atoms. The lowest BCUT2D eigenvalue weighted by atomic mass is 10.0. The zero-order valence-corrected chi connectivity index (χ0v) is 8.59. The maximum absolute atomic E-state index is 11.2. The van der Waals surface area contributed by atoms with E-state index in [-0.39, 0.29) is 0 Å². The van der Waals surface area contributed by atoms with Crippen molar-refractivity contribution in [3.05, 3.63) is 60.2 Å². The van der Waals surface area contributed by atoms with Gasteiger partial charge in [-0.2, -0.15) is 0 Å². The minimum absolute atomic E-state index is 0.337. The highest BCUT2D eigenvalue weighted by molar-refractivity contribution is 6.33. The fourth-order valence-corrected chi connectivity index (χ4v) is 1.55. The molecule has 0 aliphatic carbocycles. The van der Waals surface area contributed by atoms with Crippen LogP contribution in [0.25, 0.3) is 11.1 Å². The number of carbonyl (C=O) groups is 2. The van der Waals surface area contributed by atoms with Crippen molar-refractivity contribution in [2.24, 2.45) is 0 Å². The van der Waals surface area contributed by atoms with Crippen molar-refractivity contribution in [1.82, 2.24) is 0 Å². The van der Waals surface area contributed by atoms with Crippen LogP contribution in [0, 0.1) is 0 Å². The molecule has 0 spiro atoms. The number of aldehydes is 1. The van der Waals surface area contributed by atoms with Crippen molar-refractivity contribution in [1.29, 1.82) is 0 Å². The van der Waals surface area contributed by atoms with Crippen LogP contribution in [0.5, 0.6) is 0 Å². The quantitative estimate of drug-likeness (QED) is 0.443. The third-order valence-corrected chi connectivity index (χ3v) is 2.36. The van der Waals surface area contributed by atoms with Crippen molar-refractivity contribution in [2.75, 3.05) is 0 Å². The maximum atomic E-state index is 11.2. The van der Waals surface area contributed by atoms with E-state index in [4.69, 9.17) is 0 Å². The second kappa shape index (κ2) is 4.53. The topological polar surface area (TPSA) is 34.1 Å². The summed E-state index contributed by atoms with van der Waals surface area (Å²) in [7, 11) is 0. The molecule has 0 heterocycles. The van der Waals surface area contributed by atoms with Gasteiger partial charge >= 0.3 is 0 Å². The Morgan fingerprint density at radius 1 is 0.875 bits per heavy atom. The van der Waals surface area contributed by atoms with Crippen molar-refractivity contribution < 1.29 is 9.59 Å². The van der Waals surface area contributed by atoms with E-state index in [2.05, 4.69) is 0 Å². The fraction of sp³-hybridized carbons (Fsp3) is 0. The molecule has 0 saturated heterocycles. The first kappa shape index (κ1) is 10.3. The normalized spacial score (nSPS) is 9.75. The lowest BCUT2D eigenvalue weighted by Crippen LogP contribution is -1.99. The van der Waals surface area contributed by atoms with Crippen molar-refractivity contribution in [3.8, 4) is 11.1 Å². The molecule has 0 aliphatic heterocycles. The van der Waals surface area contributed by atoms with Gasteiger partial charge in [0, 0.05) is 5.56 Å². The summed E-state index contributed by atoms with van der Waals surface area (Å²) in [6.07, 6.45) is 0.337. The Hall–Kier alpha value is -2.22. The molecule has 0 radical (unpaired) electrons. The van der Waals surface area contributed by atoms with E-state index in [1.165, 1.54) is 0 Å². The van der Waals surface area contributed by atoms with Crippen LogP contribution in [-0.2, 0) is 4.79 Å². The van der Waals surface area contributed by atoms with Gasteiger partial charge in [-0.05, 0) is 17.2 Å². The Balaban J connectivity index is 2.44. The molecule has 0 atom stereocenters. The number of ketones is 1. The van der Waals surface area contributed by atoms with Gasteiger partial charge in [-0.1, -0.05) is 48.5 Å². The molecule has 0 bridgehead atoms. The molecule has 2 aromatic carbocycles. The molecule has 0 unspecified atom stereocenters. The second-order valence-corrected chi connectivity index (χ2v) is 3.43. The molecule has 2 heteroatoms.